The number of aromatic nitrogens is 1. The molecule has 0 aromatic carbocycles. The van der Waals surface area contributed by atoms with Gasteiger partial charge in [-0.15, -0.1) is 11.3 Å². The lowest BCUT2D eigenvalue weighted by Crippen LogP contribution is -2.42. The third-order valence-electron chi connectivity index (χ3n) is 3.07. The Bertz CT molecular complexity index is 464. The van der Waals surface area contributed by atoms with Crippen LogP contribution in [0.25, 0.3) is 0 Å². The molecular formula is C12H17N3O2S. The number of rotatable bonds is 2. The summed E-state index contributed by atoms with van der Waals surface area (Å²) in [6.45, 7) is 6.67. The van der Waals surface area contributed by atoms with Gasteiger partial charge in [0.2, 0.25) is 11.8 Å². The maximum Gasteiger partial charge on any atom is 0.245 e. The number of amides is 2. The second kappa shape index (κ2) is 5.06. The first-order chi connectivity index (χ1) is 8.47. The summed E-state index contributed by atoms with van der Waals surface area (Å²) >= 11 is 1.61. The second-order valence-corrected chi connectivity index (χ2v) is 5.84. The van der Waals surface area contributed by atoms with Gasteiger partial charge in [0.1, 0.15) is 11.0 Å². The van der Waals surface area contributed by atoms with E-state index in [4.69, 9.17) is 0 Å². The van der Waals surface area contributed by atoms with Crippen molar-refractivity contribution in [2.75, 3.05) is 6.54 Å². The van der Waals surface area contributed by atoms with Crippen LogP contribution in [-0.2, 0) is 16.1 Å². The molecule has 2 amide bonds. The Hall–Kier alpha value is -1.43. The van der Waals surface area contributed by atoms with Crippen molar-refractivity contribution < 1.29 is 9.59 Å². The average molecular weight is 267 g/mol. The molecular weight excluding hydrogens is 250 g/mol. The smallest absolute Gasteiger partial charge is 0.245 e. The van der Waals surface area contributed by atoms with E-state index in [0.717, 1.165) is 10.7 Å². The molecule has 1 aromatic heterocycles. The van der Waals surface area contributed by atoms with Gasteiger partial charge in [0.05, 0.1) is 12.2 Å². The Morgan fingerprint density at radius 1 is 1.44 bits per heavy atom. The van der Waals surface area contributed by atoms with E-state index in [9.17, 15) is 9.59 Å². The quantitative estimate of drug-likeness (QED) is 0.869. The SMILES string of the molecule is Cc1nc(CN2CCC(=O)NC(C)C2=O)sc1C. The zero-order chi connectivity index (χ0) is 13.3. The van der Waals surface area contributed by atoms with E-state index >= 15 is 0 Å². The second-order valence-electron chi connectivity index (χ2n) is 4.55. The highest BCUT2D eigenvalue weighted by molar-refractivity contribution is 7.11. The average Bonchev–Trinajstić information content (AvgIpc) is 2.56. The van der Waals surface area contributed by atoms with E-state index in [1.807, 2.05) is 13.8 Å². The summed E-state index contributed by atoms with van der Waals surface area (Å²) in [4.78, 5) is 30.8. The number of hydrogen-bond acceptors (Lipinski definition) is 4. The molecule has 1 aromatic rings. The van der Waals surface area contributed by atoms with Gasteiger partial charge >= 0.3 is 0 Å². The molecule has 0 bridgehead atoms. The van der Waals surface area contributed by atoms with E-state index in [1.54, 1.807) is 23.2 Å². The van der Waals surface area contributed by atoms with Crippen molar-refractivity contribution in [2.45, 2.75) is 39.8 Å². The molecule has 98 valence electrons. The molecule has 0 aliphatic carbocycles. The summed E-state index contributed by atoms with van der Waals surface area (Å²) < 4.78 is 0. The van der Waals surface area contributed by atoms with Crippen LogP contribution in [0.5, 0.6) is 0 Å². The van der Waals surface area contributed by atoms with Gasteiger partial charge < -0.3 is 10.2 Å². The van der Waals surface area contributed by atoms with Crippen LogP contribution in [0, 0.1) is 13.8 Å². The topological polar surface area (TPSA) is 62.3 Å². The molecule has 1 fully saturated rings. The third-order valence-corrected chi connectivity index (χ3v) is 4.12. The van der Waals surface area contributed by atoms with Crippen molar-refractivity contribution in [1.82, 2.24) is 15.2 Å². The fourth-order valence-electron chi connectivity index (χ4n) is 1.92. The number of carbonyl (C=O) groups is 2. The Labute approximate surface area is 110 Å². The molecule has 18 heavy (non-hydrogen) atoms. The minimum Gasteiger partial charge on any atom is -0.345 e. The molecule has 2 rings (SSSR count). The lowest BCUT2D eigenvalue weighted by Gasteiger charge is -2.20. The highest BCUT2D eigenvalue weighted by Crippen LogP contribution is 2.19. The van der Waals surface area contributed by atoms with Gasteiger partial charge in [-0.25, -0.2) is 4.98 Å². The zero-order valence-corrected chi connectivity index (χ0v) is 11.6. The highest BCUT2D eigenvalue weighted by Gasteiger charge is 2.27. The molecule has 0 spiro atoms. The van der Waals surface area contributed by atoms with Crippen molar-refractivity contribution in [1.29, 1.82) is 0 Å². The number of nitrogens with zero attached hydrogens (tertiary/aromatic N) is 2. The number of hydrogen-bond donors (Lipinski definition) is 1. The largest absolute Gasteiger partial charge is 0.345 e. The molecule has 1 aliphatic heterocycles. The number of nitrogens with one attached hydrogen (secondary N) is 1. The Kier molecular flexibility index (Phi) is 3.65. The van der Waals surface area contributed by atoms with Crippen LogP contribution in [0.4, 0.5) is 0 Å². The van der Waals surface area contributed by atoms with Crippen LogP contribution in [0.3, 0.4) is 0 Å². The van der Waals surface area contributed by atoms with Crippen molar-refractivity contribution in [2.24, 2.45) is 0 Å². The van der Waals surface area contributed by atoms with Gasteiger partial charge in [0.25, 0.3) is 0 Å². The molecule has 0 saturated carbocycles. The van der Waals surface area contributed by atoms with E-state index in [1.165, 1.54) is 4.88 Å². The van der Waals surface area contributed by atoms with Crippen molar-refractivity contribution in [3.05, 3.63) is 15.6 Å². The van der Waals surface area contributed by atoms with Crippen LogP contribution in [0.2, 0.25) is 0 Å². The first kappa shape index (κ1) is 13.0. The molecule has 2 heterocycles. The van der Waals surface area contributed by atoms with Gasteiger partial charge in [-0.05, 0) is 20.8 Å². The zero-order valence-electron chi connectivity index (χ0n) is 10.8. The maximum atomic E-state index is 12.1. The van der Waals surface area contributed by atoms with Crippen LogP contribution in [0.1, 0.15) is 28.9 Å². The van der Waals surface area contributed by atoms with Gasteiger partial charge in [0, 0.05) is 17.8 Å². The summed E-state index contributed by atoms with van der Waals surface area (Å²) in [5.41, 5.74) is 1.01. The Morgan fingerprint density at radius 3 is 2.78 bits per heavy atom. The van der Waals surface area contributed by atoms with Crippen molar-refractivity contribution in [3.63, 3.8) is 0 Å². The van der Waals surface area contributed by atoms with Crippen LogP contribution in [0.15, 0.2) is 0 Å². The van der Waals surface area contributed by atoms with Crippen LogP contribution < -0.4 is 5.32 Å². The lowest BCUT2D eigenvalue weighted by molar-refractivity contribution is -0.133. The van der Waals surface area contributed by atoms with E-state index in [2.05, 4.69) is 10.3 Å². The number of carbonyl (C=O) groups excluding carboxylic acids is 2. The molecule has 1 N–H and O–H groups in total. The van der Waals surface area contributed by atoms with Crippen molar-refractivity contribution in [3.8, 4) is 0 Å². The highest BCUT2D eigenvalue weighted by atomic mass is 32.1. The molecule has 1 atom stereocenters. The fraction of sp³-hybridized carbons (Fsp3) is 0.583. The fourth-order valence-corrected chi connectivity index (χ4v) is 2.87. The summed E-state index contributed by atoms with van der Waals surface area (Å²) in [5.74, 6) is -0.101. The van der Waals surface area contributed by atoms with Crippen molar-refractivity contribution >= 4 is 23.2 Å². The minimum absolute atomic E-state index is 0.0358. The summed E-state index contributed by atoms with van der Waals surface area (Å²) in [6.07, 6.45) is 0.361. The first-order valence-electron chi connectivity index (χ1n) is 5.98. The molecule has 1 aliphatic rings. The monoisotopic (exact) mass is 267 g/mol. The first-order valence-corrected chi connectivity index (χ1v) is 6.80. The predicted octanol–water partition coefficient (Wildman–Crippen LogP) is 0.997. The van der Waals surface area contributed by atoms with E-state index in [0.29, 0.717) is 19.5 Å². The lowest BCUT2D eigenvalue weighted by atomic mass is 10.3. The van der Waals surface area contributed by atoms with Gasteiger partial charge in [-0.2, -0.15) is 0 Å². The van der Waals surface area contributed by atoms with Gasteiger partial charge in [0.15, 0.2) is 0 Å². The van der Waals surface area contributed by atoms with Gasteiger partial charge in [-0.1, -0.05) is 0 Å². The predicted molar refractivity (Wildman–Crippen MR) is 69.2 cm³/mol. The molecule has 1 saturated heterocycles. The number of aryl methyl sites for hydroxylation is 2. The summed E-state index contributed by atoms with van der Waals surface area (Å²) in [6, 6.07) is -0.442. The minimum atomic E-state index is -0.442. The summed E-state index contributed by atoms with van der Waals surface area (Å²) in [5, 5.41) is 3.61. The normalized spacial score (nSPS) is 20.8. The Balaban J connectivity index is 2.12. The molecule has 1 unspecified atom stereocenters. The van der Waals surface area contributed by atoms with E-state index in [-0.39, 0.29) is 11.8 Å². The third kappa shape index (κ3) is 2.69. The maximum absolute atomic E-state index is 12.1. The van der Waals surface area contributed by atoms with E-state index < -0.39 is 6.04 Å². The molecule has 0 radical (unpaired) electrons. The summed E-state index contributed by atoms with van der Waals surface area (Å²) in [7, 11) is 0. The van der Waals surface area contributed by atoms with Crippen LogP contribution in [-0.4, -0.2) is 34.3 Å². The standard InChI is InChI=1S/C12H17N3O2S/c1-7-9(3)18-11(14-7)6-15-5-4-10(16)13-8(2)12(15)17/h8H,4-6H2,1-3H3,(H,13,16). The Morgan fingerprint density at radius 2 is 2.17 bits per heavy atom. The molecule has 5 nitrogen and oxygen atoms in total. The number of thiazole rings is 1. The van der Waals surface area contributed by atoms with Gasteiger partial charge in [-0.3, -0.25) is 9.59 Å². The molecule has 6 heteroatoms. The van der Waals surface area contributed by atoms with Crippen LogP contribution >= 0.6 is 11.3 Å².